The first-order valence-electron chi connectivity index (χ1n) is 6.03. The predicted molar refractivity (Wildman–Crippen MR) is 67.2 cm³/mol. The number of carbonyl (C=O) groups excluding carboxylic acids is 1. The smallest absolute Gasteiger partial charge is 0.260 e. The van der Waals surface area contributed by atoms with E-state index in [1.165, 1.54) is 0 Å². The first-order chi connectivity index (χ1) is 8.08. The van der Waals surface area contributed by atoms with E-state index in [-0.39, 0.29) is 12.5 Å². The predicted octanol–water partition coefficient (Wildman–Crippen LogP) is 2.30. The minimum Gasteiger partial charge on any atom is -0.483 e. The average Bonchev–Trinajstić information content (AvgIpc) is 3.13. The summed E-state index contributed by atoms with van der Waals surface area (Å²) in [5.74, 6) is 0.871. The molecule has 92 valence electrons. The number of rotatable bonds is 4. The Kier molecular flexibility index (Phi) is 3.36. The van der Waals surface area contributed by atoms with Crippen LogP contribution in [-0.2, 0) is 4.79 Å². The maximum Gasteiger partial charge on any atom is 0.260 e. The highest BCUT2D eigenvalue weighted by molar-refractivity contribution is 5.78. The molecule has 1 fully saturated rings. The second kappa shape index (κ2) is 4.78. The van der Waals surface area contributed by atoms with Gasteiger partial charge >= 0.3 is 0 Å². The summed E-state index contributed by atoms with van der Waals surface area (Å²) >= 11 is 0. The molecule has 0 aliphatic heterocycles. The zero-order chi connectivity index (χ0) is 12.4. The molecule has 1 saturated carbocycles. The first kappa shape index (κ1) is 12.0. The van der Waals surface area contributed by atoms with Crippen LogP contribution in [0.5, 0.6) is 5.75 Å². The van der Waals surface area contributed by atoms with Gasteiger partial charge in [0.1, 0.15) is 5.75 Å². The summed E-state index contributed by atoms with van der Waals surface area (Å²) < 4.78 is 5.59. The molecule has 0 radical (unpaired) electrons. The molecular formula is C14H19NO2. The van der Waals surface area contributed by atoms with Crippen molar-refractivity contribution in [2.24, 2.45) is 0 Å². The Labute approximate surface area is 102 Å². The quantitative estimate of drug-likeness (QED) is 0.798. The molecule has 2 rings (SSSR count). The highest BCUT2D eigenvalue weighted by atomic mass is 16.5. The van der Waals surface area contributed by atoms with Gasteiger partial charge in [-0.05, 0) is 43.9 Å². The Morgan fingerprint density at radius 2 is 2.12 bits per heavy atom. The van der Waals surface area contributed by atoms with Gasteiger partial charge in [-0.3, -0.25) is 4.79 Å². The molecule has 0 N–H and O–H groups in total. The van der Waals surface area contributed by atoms with E-state index < -0.39 is 0 Å². The van der Waals surface area contributed by atoms with Crippen LogP contribution in [0.1, 0.15) is 24.0 Å². The zero-order valence-corrected chi connectivity index (χ0v) is 10.7. The van der Waals surface area contributed by atoms with Crippen LogP contribution in [0.3, 0.4) is 0 Å². The maximum atomic E-state index is 11.8. The van der Waals surface area contributed by atoms with E-state index in [1.54, 1.807) is 4.90 Å². The topological polar surface area (TPSA) is 29.5 Å². The third-order valence-electron chi connectivity index (χ3n) is 3.18. The molecule has 1 aromatic rings. The lowest BCUT2D eigenvalue weighted by atomic mass is 10.1. The van der Waals surface area contributed by atoms with Crippen molar-refractivity contribution in [3.05, 3.63) is 29.3 Å². The molecule has 1 aliphatic carbocycles. The van der Waals surface area contributed by atoms with Crippen molar-refractivity contribution in [1.29, 1.82) is 0 Å². The molecule has 17 heavy (non-hydrogen) atoms. The van der Waals surface area contributed by atoms with Gasteiger partial charge in [-0.2, -0.15) is 0 Å². The number of ether oxygens (including phenoxy) is 1. The lowest BCUT2D eigenvalue weighted by molar-refractivity contribution is -0.132. The standard InChI is InChI=1S/C14H19NO2/c1-10-4-5-11(2)13(8-10)17-9-14(16)15(3)12-6-7-12/h4-5,8,12H,6-7,9H2,1-3H3. The van der Waals surface area contributed by atoms with Crippen LogP contribution in [0.25, 0.3) is 0 Å². The van der Waals surface area contributed by atoms with E-state index in [1.807, 2.05) is 39.1 Å². The summed E-state index contributed by atoms with van der Waals surface area (Å²) in [6.07, 6.45) is 2.26. The van der Waals surface area contributed by atoms with Gasteiger partial charge in [0.2, 0.25) is 0 Å². The van der Waals surface area contributed by atoms with Gasteiger partial charge in [-0.1, -0.05) is 12.1 Å². The molecule has 0 bridgehead atoms. The van der Waals surface area contributed by atoms with Crippen molar-refractivity contribution in [3.63, 3.8) is 0 Å². The molecule has 0 saturated heterocycles. The van der Waals surface area contributed by atoms with E-state index in [2.05, 4.69) is 0 Å². The second-order valence-electron chi connectivity index (χ2n) is 4.79. The van der Waals surface area contributed by atoms with Crippen LogP contribution in [0.15, 0.2) is 18.2 Å². The molecule has 0 spiro atoms. The minimum atomic E-state index is 0.0633. The Bertz CT molecular complexity index is 424. The van der Waals surface area contributed by atoms with Crippen molar-refractivity contribution >= 4 is 5.91 Å². The number of carbonyl (C=O) groups is 1. The minimum absolute atomic E-state index is 0.0633. The van der Waals surface area contributed by atoms with Crippen LogP contribution < -0.4 is 4.74 Å². The highest BCUT2D eigenvalue weighted by Gasteiger charge is 2.29. The third kappa shape index (κ3) is 2.99. The summed E-state index contributed by atoms with van der Waals surface area (Å²) in [7, 11) is 1.85. The molecule has 0 aromatic heterocycles. The van der Waals surface area contributed by atoms with Gasteiger partial charge in [0.15, 0.2) is 6.61 Å². The van der Waals surface area contributed by atoms with Crippen molar-refractivity contribution in [2.75, 3.05) is 13.7 Å². The van der Waals surface area contributed by atoms with Crippen molar-refractivity contribution in [3.8, 4) is 5.75 Å². The summed E-state index contributed by atoms with van der Waals surface area (Å²) in [6.45, 7) is 4.14. The molecule has 0 atom stereocenters. The zero-order valence-electron chi connectivity index (χ0n) is 10.7. The van der Waals surface area contributed by atoms with Crippen LogP contribution in [-0.4, -0.2) is 30.5 Å². The number of benzene rings is 1. The van der Waals surface area contributed by atoms with Crippen LogP contribution >= 0.6 is 0 Å². The number of aryl methyl sites for hydroxylation is 2. The maximum absolute atomic E-state index is 11.8. The fraction of sp³-hybridized carbons (Fsp3) is 0.500. The number of nitrogens with zero attached hydrogens (tertiary/aromatic N) is 1. The normalized spacial score (nSPS) is 14.5. The molecule has 3 heteroatoms. The Morgan fingerprint density at radius 3 is 2.76 bits per heavy atom. The van der Waals surface area contributed by atoms with Gasteiger partial charge in [-0.25, -0.2) is 0 Å². The second-order valence-corrected chi connectivity index (χ2v) is 4.79. The van der Waals surface area contributed by atoms with E-state index in [9.17, 15) is 4.79 Å². The van der Waals surface area contributed by atoms with Crippen molar-refractivity contribution in [1.82, 2.24) is 4.90 Å². The number of hydrogen-bond acceptors (Lipinski definition) is 2. The molecule has 1 amide bonds. The molecule has 0 heterocycles. The molecule has 0 unspecified atom stereocenters. The largest absolute Gasteiger partial charge is 0.483 e. The Morgan fingerprint density at radius 1 is 1.41 bits per heavy atom. The number of hydrogen-bond donors (Lipinski definition) is 0. The van der Waals surface area contributed by atoms with E-state index >= 15 is 0 Å². The van der Waals surface area contributed by atoms with Gasteiger partial charge < -0.3 is 9.64 Å². The highest BCUT2D eigenvalue weighted by Crippen LogP contribution is 2.25. The number of likely N-dealkylation sites (N-methyl/N-ethyl adjacent to an activating group) is 1. The van der Waals surface area contributed by atoms with Crippen LogP contribution in [0.4, 0.5) is 0 Å². The molecule has 1 aromatic carbocycles. The van der Waals surface area contributed by atoms with Gasteiger partial charge in [-0.15, -0.1) is 0 Å². The summed E-state index contributed by atoms with van der Waals surface area (Å²) in [6, 6.07) is 6.48. The van der Waals surface area contributed by atoms with Gasteiger partial charge in [0.05, 0.1) is 0 Å². The summed E-state index contributed by atoms with van der Waals surface area (Å²) in [5.41, 5.74) is 2.21. The summed E-state index contributed by atoms with van der Waals surface area (Å²) in [4.78, 5) is 13.6. The van der Waals surface area contributed by atoms with E-state index in [0.29, 0.717) is 6.04 Å². The Hall–Kier alpha value is -1.51. The van der Waals surface area contributed by atoms with Gasteiger partial charge in [0, 0.05) is 13.1 Å². The summed E-state index contributed by atoms with van der Waals surface area (Å²) in [5, 5.41) is 0. The molecule has 3 nitrogen and oxygen atoms in total. The van der Waals surface area contributed by atoms with Crippen LogP contribution in [0, 0.1) is 13.8 Å². The fourth-order valence-electron chi connectivity index (χ4n) is 1.77. The lowest BCUT2D eigenvalue weighted by Crippen LogP contribution is -2.33. The molecular weight excluding hydrogens is 214 g/mol. The lowest BCUT2D eigenvalue weighted by Gasteiger charge is -2.17. The Balaban J connectivity index is 1.92. The van der Waals surface area contributed by atoms with Crippen molar-refractivity contribution < 1.29 is 9.53 Å². The van der Waals surface area contributed by atoms with E-state index in [0.717, 1.165) is 29.7 Å². The number of amides is 1. The third-order valence-corrected chi connectivity index (χ3v) is 3.18. The van der Waals surface area contributed by atoms with Crippen LogP contribution in [0.2, 0.25) is 0 Å². The first-order valence-corrected chi connectivity index (χ1v) is 6.03. The molecule has 1 aliphatic rings. The fourth-order valence-corrected chi connectivity index (χ4v) is 1.77. The van der Waals surface area contributed by atoms with Crippen molar-refractivity contribution in [2.45, 2.75) is 32.7 Å². The van der Waals surface area contributed by atoms with E-state index in [4.69, 9.17) is 4.74 Å². The monoisotopic (exact) mass is 233 g/mol. The average molecular weight is 233 g/mol. The van der Waals surface area contributed by atoms with Gasteiger partial charge in [0.25, 0.3) is 5.91 Å². The SMILES string of the molecule is Cc1ccc(C)c(OCC(=O)N(C)C2CC2)c1.